The summed E-state index contributed by atoms with van der Waals surface area (Å²) in [7, 11) is 0. The summed E-state index contributed by atoms with van der Waals surface area (Å²) in [6, 6.07) is 23.4. The van der Waals surface area contributed by atoms with Gasteiger partial charge in [-0.2, -0.15) is 0 Å². The zero-order chi connectivity index (χ0) is 19.5. The third-order valence-corrected chi connectivity index (χ3v) is 6.43. The van der Waals surface area contributed by atoms with Gasteiger partial charge in [0.15, 0.2) is 0 Å². The fourth-order valence-electron chi connectivity index (χ4n) is 3.06. The molecule has 0 N–H and O–H groups in total. The Morgan fingerprint density at radius 2 is 1.82 bits per heavy atom. The van der Waals surface area contributed by atoms with Crippen LogP contribution in [0.4, 0.5) is 5.69 Å². The molecule has 3 aromatic rings. The molecule has 3 aromatic carbocycles. The van der Waals surface area contributed by atoms with Crippen LogP contribution in [0.25, 0.3) is 0 Å². The lowest BCUT2D eigenvalue weighted by atomic mass is 10.1. The van der Waals surface area contributed by atoms with E-state index in [0.29, 0.717) is 17.4 Å². The lowest BCUT2D eigenvalue weighted by molar-refractivity contribution is -0.115. The highest BCUT2D eigenvalue weighted by molar-refractivity contribution is 9.10. The van der Waals surface area contributed by atoms with Crippen LogP contribution >= 0.6 is 39.3 Å². The quantitative estimate of drug-likeness (QED) is 0.425. The number of carbonyl (C=O) groups is 1. The second kappa shape index (κ2) is 8.60. The standard InChI is InChI=1S/C22H17BrClNO2S/c23-17-6-4-15(5-7-17)13-27-20-3-1-2-16(12-20)22-25(21(26)14-28-22)19-10-8-18(24)9-11-19/h1-12,22H,13-14H2/t22-/m1/s1. The Morgan fingerprint density at radius 1 is 1.07 bits per heavy atom. The molecule has 6 heteroatoms. The SMILES string of the molecule is O=C1CS[C@H](c2cccc(OCc3ccc(Br)cc3)c2)N1c1ccc(Cl)cc1. The molecule has 1 amide bonds. The van der Waals surface area contributed by atoms with Crippen molar-refractivity contribution in [1.29, 1.82) is 0 Å². The first-order valence-corrected chi connectivity index (χ1v) is 11.0. The molecule has 1 heterocycles. The predicted molar refractivity (Wildman–Crippen MR) is 119 cm³/mol. The largest absolute Gasteiger partial charge is 0.489 e. The molecule has 0 saturated carbocycles. The number of rotatable bonds is 5. The van der Waals surface area contributed by atoms with Crippen molar-refractivity contribution in [3.63, 3.8) is 0 Å². The van der Waals surface area contributed by atoms with Crippen molar-refractivity contribution in [3.8, 4) is 5.75 Å². The average molecular weight is 475 g/mol. The highest BCUT2D eigenvalue weighted by Gasteiger charge is 2.34. The van der Waals surface area contributed by atoms with Crippen LogP contribution in [0.15, 0.2) is 77.3 Å². The van der Waals surface area contributed by atoms with E-state index in [1.165, 1.54) is 0 Å². The van der Waals surface area contributed by atoms with E-state index < -0.39 is 0 Å². The predicted octanol–water partition coefficient (Wildman–Crippen LogP) is 6.46. The average Bonchev–Trinajstić information content (AvgIpc) is 3.10. The Hall–Kier alpha value is -1.95. The van der Waals surface area contributed by atoms with Crippen molar-refractivity contribution in [2.24, 2.45) is 0 Å². The third kappa shape index (κ3) is 4.37. The van der Waals surface area contributed by atoms with Gasteiger partial charge in [-0.3, -0.25) is 9.69 Å². The Labute approximate surface area is 181 Å². The zero-order valence-electron chi connectivity index (χ0n) is 14.8. The maximum atomic E-state index is 12.5. The summed E-state index contributed by atoms with van der Waals surface area (Å²) >= 11 is 11.1. The summed E-state index contributed by atoms with van der Waals surface area (Å²) in [5.41, 5.74) is 2.99. The van der Waals surface area contributed by atoms with Crippen LogP contribution in [0, 0.1) is 0 Å². The minimum atomic E-state index is -0.0788. The van der Waals surface area contributed by atoms with Gasteiger partial charge in [0.25, 0.3) is 0 Å². The number of benzene rings is 3. The Kier molecular flexibility index (Phi) is 5.95. The number of ether oxygens (including phenoxy) is 1. The summed E-state index contributed by atoms with van der Waals surface area (Å²) in [5, 5.41) is 0.577. The van der Waals surface area contributed by atoms with Crippen LogP contribution in [-0.4, -0.2) is 11.7 Å². The molecule has 1 atom stereocenters. The van der Waals surface area contributed by atoms with Crippen LogP contribution < -0.4 is 9.64 Å². The molecular formula is C22H17BrClNO2S. The highest BCUT2D eigenvalue weighted by Crippen LogP contribution is 2.42. The number of amides is 1. The monoisotopic (exact) mass is 473 g/mol. The first-order chi connectivity index (χ1) is 13.6. The number of nitrogens with zero attached hydrogens (tertiary/aromatic N) is 1. The summed E-state index contributed by atoms with van der Waals surface area (Å²) in [4.78, 5) is 14.3. The molecular weight excluding hydrogens is 458 g/mol. The fraction of sp³-hybridized carbons (Fsp3) is 0.136. The summed E-state index contributed by atoms with van der Waals surface area (Å²) in [6.07, 6.45) is 0. The molecule has 4 rings (SSSR count). The Bertz CT molecular complexity index is 979. The van der Waals surface area contributed by atoms with Gasteiger partial charge in [0.05, 0.1) is 5.75 Å². The van der Waals surface area contributed by atoms with Crippen molar-refractivity contribution < 1.29 is 9.53 Å². The van der Waals surface area contributed by atoms with Crippen LogP contribution in [0.5, 0.6) is 5.75 Å². The molecule has 3 nitrogen and oxygen atoms in total. The van der Waals surface area contributed by atoms with Gasteiger partial charge >= 0.3 is 0 Å². The van der Waals surface area contributed by atoms with Crippen molar-refractivity contribution in [2.75, 3.05) is 10.7 Å². The van der Waals surface area contributed by atoms with Gasteiger partial charge in [-0.15, -0.1) is 11.8 Å². The molecule has 1 aliphatic heterocycles. The molecule has 0 unspecified atom stereocenters. The fourth-order valence-corrected chi connectivity index (χ4v) is 4.61. The molecule has 0 radical (unpaired) electrons. The summed E-state index contributed by atoms with van der Waals surface area (Å²) < 4.78 is 7.02. The molecule has 142 valence electrons. The maximum Gasteiger partial charge on any atom is 0.238 e. The molecule has 1 saturated heterocycles. The van der Waals surface area contributed by atoms with E-state index in [-0.39, 0.29) is 11.3 Å². The van der Waals surface area contributed by atoms with E-state index in [2.05, 4.69) is 15.9 Å². The van der Waals surface area contributed by atoms with Gasteiger partial charge in [-0.05, 0) is 59.7 Å². The van der Waals surface area contributed by atoms with Crippen LogP contribution in [-0.2, 0) is 11.4 Å². The number of carbonyl (C=O) groups excluding carboxylic acids is 1. The molecule has 0 bridgehead atoms. The lowest BCUT2D eigenvalue weighted by Gasteiger charge is -2.24. The van der Waals surface area contributed by atoms with Crippen molar-refractivity contribution in [2.45, 2.75) is 12.0 Å². The molecule has 0 spiro atoms. The summed E-state index contributed by atoms with van der Waals surface area (Å²) in [6.45, 7) is 0.494. The molecule has 1 aliphatic rings. The third-order valence-electron chi connectivity index (χ3n) is 4.43. The smallest absolute Gasteiger partial charge is 0.238 e. The lowest BCUT2D eigenvalue weighted by Crippen LogP contribution is -2.27. The van der Waals surface area contributed by atoms with E-state index >= 15 is 0 Å². The van der Waals surface area contributed by atoms with E-state index in [4.69, 9.17) is 16.3 Å². The number of hydrogen-bond acceptors (Lipinski definition) is 3. The first-order valence-electron chi connectivity index (χ1n) is 8.76. The molecule has 1 fully saturated rings. The zero-order valence-corrected chi connectivity index (χ0v) is 18.0. The van der Waals surface area contributed by atoms with Gasteiger partial charge in [0, 0.05) is 15.2 Å². The van der Waals surface area contributed by atoms with Gasteiger partial charge in [-0.1, -0.05) is 51.8 Å². The van der Waals surface area contributed by atoms with E-state index in [0.717, 1.165) is 27.0 Å². The van der Waals surface area contributed by atoms with Gasteiger partial charge in [-0.25, -0.2) is 0 Å². The van der Waals surface area contributed by atoms with E-state index in [1.807, 2.05) is 77.7 Å². The number of hydrogen-bond donors (Lipinski definition) is 0. The molecule has 28 heavy (non-hydrogen) atoms. The van der Waals surface area contributed by atoms with Crippen LogP contribution in [0.3, 0.4) is 0 Å². The van der Waals surface area contributed by atoms with Gasteiger partial charge < -0.3 is 4.74 Å². The molecule has 0 aromatic heterocycles. The number of thioether (sulfide) groups is 1. The van der Waals surface area contributed by atoms with E-state index in [9.17, 15) is 4.79 Å². The van der Waals surface area contributed by atoms with Crippen molar-refractivity contribution in [1.82, 2.24) is 0 Å². The van der Waals surface area contributed by atoms with Crippen LogP contribution in [0.2, 0.25) is 5.02 Å². The van der Waals surface area contributed by atoms with Crippen LogP contribution in [0.1, 0.15) is 16.5 Å². The Balaban J connectivity index is 1.53. The van der Waals surface area contributed by atoms with E-state index in [1.54, 1.807) is 11.8 Å². The topological polar surface area (TPSA) is 29.5 Å². The number of anilines is 1. The minimum Gasteiger partial charge on any atom is -0.489 e. The normalized spacial score (nSPS) is 16.4. The second-order valence-corrected chi connectivity index (χ2v) is 8.81. The Morgan fingerprint density at radius 3 is 2.57 bits per heavy atom. The van der Waals surface area contributed by atoms with Gasteiger partial charge in [0.2, 0.25) is 5.91 Å². The second-order valence-electron chi connectivity index (χ2n) is 6.39. The van der Waals surface area contributed by atoms with Crippen molar-refractivity contribution >= 4 is 50.9 Å². The maximum absolute atomic E-state index is 12.5. The first kappa shape index (κ1) is 19.4. The highest BCUT2D eigenvalue weighted by atomic mass is 79.9. The minimum absolute atomic E-state index is 0.0788. The van der Waals surface area contributed by atoms with Crippen molar-refractivity contribution in [3.05, 3.63) is 93.4 Å². The number of halogens is 2. The van der Waals surface area contributed by atoms with Gasteiger partial charge in [0.1, 0.15) is 17.7 Å². The summed E-state index contributed by atoms with van der Waals surface area (Å²) in [5.74, 6) is 1.34. The molecule has 0 aliphatic carbocycles.